The molecule has 1 aliphatic heterocycles. The molecule has 0 saturated carbocycles. The van der Waals surface area contributed by atoms with Crippen LogP contribution in [0.15, 0.2) is 28.8 Å². The van der Waals surface area contributed by atoms with Crippen LogP contribution >= 0.6 is 0 Å². The summed E-state index contributed by atoms with van der Waals surface area (Å²) in [7, 11) is 0. The minimum Gasteiger partial charge on any atom is -0.334 e. The van der Waals surface area contributed by atoms with Gasteiger partial charge in [0.1, 0.15) is 0 Å². The van der Waals surface area contributed by atoms with Gasteiger partial charge in [-0.2, -0.15) is 4.98 Å². The van der Waals surface area contributed by atoms with Crippen molar-refractivity contribution in [3.8, 4) is 11.5 Å². The summed E-state index contributed by atoms with van der Waals surface area (Å²) in [5.74, 6) is 1.32. The Morgan fingerprint density at radius 3 is 2.90 bits per heavy atom. The maximum absolute atomic E-state index is 5.98. The number of piperidine rings is 1. The summed E-state index contributed by atoms with van der Waals surface area (Å²) in [5.41, 5.74) is 8.16. The van der Waals surface area contributed by atoms with Crippen molar-refractivity contribution >= 4 is 0 Å². The van der Waals surface area contributed by atoms with E-state index in [1.165, 1.54) is 5.56 Å². The largest absolute Gasteiger partial charge is 0.334 e. The summed E-state index contributed by atoms with van der Waals surface area (Å²) in [6, 6.07) is 8.37. The molecule has 0 amide bonds. The molecule has 5 heteroatoms. The van der Waals surface area contributed by atoms with Gasteiger partial charge in [-0.3, -0.25) is 4.90 Å². The van der Waals surface area contributed by atoms with Gasteiger partial charge in [-0.25, -0.2) is 0 Å². The van der Waals surface area contributed by atoms with E-state index < -0.39 is 0 Å². The lowest BCUT2D eigenvalue weighted by atomic mass is 10.1. The first-order valence-corrected chi connectivity index (χ1v) is 7.08. The minimum absolute atomic E-state index is 0.271. The fourth-order valence-corrected chi connectivity index (χ4v) is 2.57. The molecule has 1 aromatic heterocycles. The molecule has 5 nitrogen and oxygen atoms in total. The van der Waals surface area contributed by atoms with Crippen LogP contribution in [0.5, 0.6) is 0 Å². The highest BCUT2D eigenvalue weighted by molar-refractivity contribution is 5.53. The van der Waals surface area contributed by atoms with Gasteiger partial charge < -0.3 is 10.3 Å². The third-order valence-corrected chi connectivity index (χ3v) is 3.67. The number of rotatable bonds is 3. The van der Waals surface area contributed by atoms with E-state index in [9.17, 15) is 0 Å². The lowest BCUT2D eigenvalue weighted by Crippen LogP contribution is -2.42. The fourth-order valence-electron chi connectivity index (χ4n) is 2.57. The molecule has 0 radical (unpaired) electrons. The van der Waals surface area contributed by atoms with Crippen LogP contribution in [0.4, 0.5) is 0 Å². The van der Waals surface area contributed by atoms with Gasteiger partial charge >= 0.3 is 0 Å². The lowest BCUT2D eigenvalue weighted by Gasteiger charge is -2.29. The van der Waals surface area contributed by atoms with Crippen LogP contribution in [-0.2, 0) is 6.54 Å². The van der Waals surface area contributed by atoms with Crippen molar-refractivity contribution in [2.45, 2.75) is 32.4 Å². The number of nitrogens with zero attached hydrogens (tertiary/aromatic N) is 3. The Morgan fingerprint density at radius 1 is 1.35 bits per heavy atom. The van der Waals surface area contributed by atoms with E-state index in [1.807, 2.05) is 24.3 Å². The van der Waals surface area contributed by atoms with Crippen molar-refractivity contribution < 1.29 is 4.52 Å². The van der Waals surface area contributed by atoms with Crippen LogP contribution in [0, 0.1) is 6.92 Å². The summed E-state index contributed by atoms with van der Waals surface area (Å²) >= 11 is 0. The third-order valence-electron chi connectivity index (χ3n) is 3.67. The van der Waals surface area contributed by atoms with Gasteiger partial charge in [0, 0.05) is 18.2 Å². The molecule has 1 aliphatic rings. The van der Waals surface area contributed by atoms with E-state index in [1.54, 1.807) is 0 Å². The Bertz CT molecular complexity index is 564. The van der Waals surface area contributed by atoms with Gasteiger partial charge in [0.15, 0.2) is 5.82 Å². The van der Waals surface area contributed by atoms with Crippen LogP contribution in [0.25, 0.3) is 11.5 Å². The van der Waals surface area contributed by atoms with Crippen molar-refractivity contribution in [1.29, 1.82) is 0 Å². The topological polar surface area (TPSA) is 68.2 Å². The van der Waals surface area contributed by atoms with E-state index in [2.05, 4.69) is 22.0 Å². The quantitative estimate of drug-likeness (QED) is 0.925. The van der Waals surface area contributed by atoms with Crippen molar-refractivity contribution in [3.05, 3.63) is 35.7 Å². The van der Waals surface area contributed by atoms with Gasteiger partial charge in [-0.15, -0.1) is 0 Å². The Kier molecular flexibility index (Phi) is 3.80. The Balaban J connectivity index is 1.69. The zero-order valence-electron chi connectivity index (χ0n) is 11.7. The minimum atomic E-state index is 0.271. The molecule has 20 heavy (non-hydrogen) atoms. The van der Waals surface area contributed by atoms with Gasteiger partial charge in [-0.1, -0.05) is 22.9 Å². The number of likely N-dealkylation sites (tertiary alicyclic amines) is 1. The summed E-state index contributed by atoms with van der Waals surface area (Å²) in [6.07, 6.45) is 2.25. The molecule has 2 N–H and O–H groups in total. The van der Waals surface area contributed by atoms with Crippen molar-refractivity contribution in [2.24, 2.45) is 5.73 Å². The van der Waals surface area contributed by atoms with Crippen LogP contribution in [0.2, 0.25) is 0 Å². The molecule has 0 unspecified atom stereocenters. The van der Waals surface area contributed by atoms with Gasteiger partial charge in [0.05, 0.1) is 6.54 Å². The molecular formula is C15H20N4O. The maximum atomic E-state index is 5.98. The maximum Gasteiger partial charge on any atom is 0.257 e. The summed E-state index contributed by atoms with van der Waals surface area (Å²) < 4.78 is 5.34. The number of hydrogen-bond acceptors (Lipinski definition) is 5. The molecule has 0 aliphatic carbocycles. The second kappa shape index (κ2) is 5.73. The molecule has 2 aromatic rings. The summed E-state index contributed by atoms with van der Waals surface area (Å²) in [5, 5.41) is 4.07. The normalized spacial score (nSPS) is 20.2. The van der Waals surface area contributed by atoms with Gasteiger partial charge in [-0.05, 0) is 38.4 Å². The molecule has 1 fully saturated rings. The van der Waals surface area contributed by atoms with Gasteiger partial charge in [0.25, 0.3) is 5.89 Å². The van der Waals surface area contributed by atoms with Crippen LogP contribution in [0.3, 0.4) is 0 Å². The molecule has 0 bridgehead atoms. The van der Waals surface area contributed by atoms with E-state index in [-0.39, 0.29) is 6.04 Å². The van der Waals surface area contributed by atoms with Crippen molar-refractivity contribution in [2.75, 3.05) is 13.1 Å². The molecule has 3 rings (SSSR count). The van der Waals surface area contributed by atoms with Crippen LogP contribution in [-0.4, -0.2) is 34.2 Å². The lowest BCUT2D eigenvalue weighted by molar-refractivity contribution is 0.195. The molecule has 0 spiro atoms. The molecule has 2 heterocycles. The highest BCUT2D eigenvalue weighted by Crippen LogP contribution is 2.18. The van der Waals surface area contributed by atoms with Crippen LogP contribution in [0.1, 0.15) is 24.2 Å². The van der Waals surface area contributed by atoms with Crippen molar-refractivity contribution in [3.63, 3.8) is 0 Å². The second-order valence-electron chi connectivity index (χ2n) is 5.52. The zero-order chi connectivity index (χ0) is 13.9. The SMILES string of the molecule is Cc1ccc(-c2nc(CN3CCC[C@@H](N)C3)no2)cc1. The Labute approximate surface area is 118 Å². The standard InChI is InChI=1S/C15H20N4O/c1-11-4-6-12(7-5-11)15-17-14(18-20-15)10-19-8-2-3-13(16)9-19/h4-7,13H,2-3,8-10,16H2,1H3/t13-/m1/s1. The molecule has 106 valence electrons. The molecule has 1 aromatic carbocycles. The first-order valence-electron chi connectivity index (χ1n) is 7.08. The monoisotopic (exact) mass is 272 g/mol. The van der Waals surface area contributed by atoms with E-state index in [0.29, 0.717) is 12.4 Å². The predicted octanol–water partition coefficient (Wildman–Crippen LogP) is 1.97. The average Bonchev–Trinajstić information content (AvgIpc) is 2.88. The van der Waals surface area contributed by atoms with Crippen molar-refractivity contribution in [1.82, 2.24) is 15.0 Å². The van der Waals surface area contributed by atoms with E-state index >= 15 is 0 Å². The highest BCUT2D eigenvalue weighted by Gasteiger charge is 2.19. The van der Waals surface area contributed by atoms with E-state index in [0.717, 1.165) is 37.3 Å². The van der Waals surface area contributed by atoms with E-state index in [4.69, 9.17) is 10.3 Å². The first-order chi connectivity index (χ1) is 9.70. The average molecular weight is 272 g/mol. The molecule has 1 saturated heterocycles. The fraction of sp³-hybridized carbons (Fsp3) is 0.467. The number of aryl methyl sites for hydroxylation is 1. The number of nitrogens with two attached hydrogens (primary N) is 1. The number of aromatic nitrogens is 2. The smallest absolute Gasteiger partial charge is 0.257 e. The van der Waals surface area contributed by atoms with Crippen LogP contribution < -0.4 is 5.73 Å². The summed E-state index contributed by atoms with van der Waals surface area (Å²) in [6.45, 7) is 4.74. The zero-order valence-corrected chi connectivity index (χ0v) is 11.7. The number of hydrogen-bond donors (Lipinski definition) is 1. The highest BCUT2D eigenvalue weighted by atomic mass is 16.5. The Morgan fingerprint density at radius 2 is 2.15 bits per heavy atom. The van der Waals surface area contributed by atoms with Gasteiger partial charge in [0.2, 0.25) is 0 Å². The second-order valence-corrected chi connectivity index (χ2v) is 5.52. The molecule has 1 atom stereocenters. The number of benzene rings is 1. The Hall–Kier alpha value is -1.72. The first kappa shape index (κ1) is 13.3. The third kappa shape index (κ3) is 3.05. The summed E-state index contributed by atoms with van der Waals surface area (Å²) in [4.78, 5) is 6.76. The predicted molar refractivity (Wildman–Crippen MR) is 77.0 cm³/mol. The molecular weight excluding hydrogens is 252 g/mol.